The molecule has 34 heavy (non-hydrogen) atoms. The first-order chi connectivity index (χ1) is 16.7. The normalized spacial score (nSPS) is 16.8. The van der Waals surface area contributed by atoms with Crippen molar-refractivity contribution in [2.24, 2.45) is 0 Å². The van der Waals surface area contributed by atoms with Gasteiger partial charge in [-0.1, -0.05) is 41.9 Å². The summed E-state index contributed by atoms with van der Waals surface area (Å²) in [6.07, 6.45) is 6.70. The molecule has 1 unspecified atom stereocenters. The molecule has 0 saturated carbocycles. The minimum absolute atomic E-state index is 0.294. The predicted molar refractivity (Wildman–Crippen MR) is 134 cm³/mol. The number of anilines is 3. The number of fused-ring (bicyclic) bond motifs is 1. The molecule has 0 radical (unpaired) electrons. The van der Waals surface area contributed by atoms with E-state index in [1.54, 1.807) is 19.6 Å². The molecular formula is C26H25ClN6O. The Morgan fingerprint density at radius 1 is 1.09 bits per heavy atom. The first kappa shape index (κ1) is 21.0. The van der Waals surface area contributed by atoms with Crippen LogP contribution in [0.3, 0.4) is 0 Å². The van der Waals surface area contributed by atoms with Gasteiger partial charge in [0, 0.05) is 42.5 Å². The van der Waals surface area contributed by atoms with E-state index < -0.39 is 0 Å². The molecule has 3 heterocycles. The fourth-order valence-electron chi connectivity index (χ4n) is 4.83. The number of ether oxygens (including phenoxy) is 1. The molecule has 6 rings (SSSR count). The number of imidazole rings is 1. The second-order valence-corrected chi connectivity index (χ2v) is 9.08. The van der Waals surface area contributed by atoms with Crippen molar-refractivity contribution in [3.8, 4) is 11.4 Å². The molecule has 2 aromatic heterocycles. The van der Waals surface area contributed by atoms with Gasteiger partial charge >= 0.3 is 0 Å². The van der Waals surface area contributed by atoms with E-state index in [4.69, 9.17) is 26.3 Å². The van der Waals surface area contributed by atoms with E-state index in [0.717, 1.165) is 48.8 Å². The SMILES string of the molecule is COc1cc(Nc2nc3c(c(N4CCC4)n2)CCC3c2ccccc2)ccc1-n1cnc(Cl)c1. The molecule has 0 amide bonds. The fourth-order valence-corrected chi connectivity index (χ4v) is 4.97. The van der Waals surface area contributed by atoms with Crippen LogP contribution in [-0.2, 0) is 6.42 Å². The third-order valence-electron chi connectivity index (χ3n) is 6.65. The lowest BCUT2D eigenvalue weighted by molar-refractivity contribution is 0.413. The quantitative estimate of drug-likeness (QED) is 0.407. The van der Waals surface area contributed by atoms with Crippen LogP contribution in [0.5, 0.6) is 5.75 Å². The molecule has 1 fully saturated rings. The summed E-state index contributed by atoms with van der Waals surface area (Å²) in [7, 11) is 1.65. The molecule has 1 aliphatic heterocycles. The third-order valence-corrected chi connectivity index (χ3v) is 6.85. The van der Waals surface area contributed by atoms with Crippen molar-refractivity contribution in [2.75, 3.05) is 30.4 Å². The summed E-state index contributed by atoms with van der Waals surface area (Å²) >= 11 is 6.00. The molecule has 0 spiro atoms. The lowest BCUT2D eigenvalue weighted by Gasteiger charge is -2.33. The van der Waals surface area contributed by atoms with Crippen molar-refractivity contribution in [3.63, 3.8) is 0 Å². The van der Waals surface area contributed by atoms with Crippen LogP contribution in [0.4, 0.5) is 17.5 Å². The van der Waals surface area contributed by atoms with Crippen LogP contribution in [0, 0.1) is 0 Å². The second-order valence-electron chi connectivity index (χ2n) is 8.69. The van der Waals surface area contributed by atoms with E-state index in [-0.39, 0.29) is 0 Å². The molecular weight excluding hydrogens is 448 g/mol. The zero-order valence-electron chi connectivity index (χ0n) is 18.9. The summed E-state index contributed by atoms with van der Waals surface area (Å²) in [5, 5.41) is 3.86. The highest BCUT2D eigenvalue weighted by molar-refractivity contribution is 6.29. The van der Waals surface area contributed by atoms with E-state index in [9.17, 15) is 0 Å². The molecule has 1 atom stereocenters. The maximum absolute atomic E-state index is 6.00. The van der Waals surface area contributed by atoms with Gasteiger partial charge in [-0.05, 0) is 37.0 Å². The Bertz CT molecular complexity index is 1330. The van der Waals surface area contributed by atoms with Gasteiger partial charge in [0.2, 0.25) is 5.95 Å². The number of nitrogens with zero attached hydrogens (tertiary/aromatic N) is 5. The van der Waals surface area contributed by atoms with Gasteiger partial charge < -0.3 is 19.5 Å². The molecule has 172 valence electrons. The van der Waals surface area contributed by atoms with Crippen LogP contribution in [-0.4, -0.2) is 39.7 Å². The highest BCUT2D eigenvalue weighted by atomic mass is 35.5. The van der Waals surface area contributed by atoms with Gasteiger partial charge in [0.15, 0.2) is 0 Å². The maximum atomic E-state index is 6.00. The van der Waals surface area contributed by atoms with Crippen LogP contribution < -0.4 is 15.0 Å². The number of rotatable bonds is 6. The lowest BCUT2D eigenvalue weighted by atomic mass is 9.97. The molecule has 0 bridgehead atoms. The van der Waals surface area contributed by atoms with Crippen LogP contribution in [0.2, 0.25) is 5.15 Å². The summed E-state index contributed by atoms with van der Waals surface area (Å²) in [6.45, 7) is 2.10. The number of aromatic nitrogens is 4. The average Bonchev–Trinajstić information content (AvgIpc) is 3.45. The topological polar surface area (TPSA) is 68.1 Å². The summed E-state index contributed by atoms with van der Waals surface area (Å²) in [5.41, 5.74) is 5.46. The zero-order chi connectivity index (χ0) is 23.1. The van der Waals surface area contributed by atoms with E-state index in [2.05, 4.69) is 45.5 Å². The highest BCUT2D eigenvalue weighted by Crippen LogP contribution is 2.42. The second kappa shape index (κ2) is 8.65. The van der Waals surface area contributed by atoms with E-state index in [1.807, 2.05) is 22.8 Å². The fraction of sp³-hybridized carbons (Fsp3) is 0.269. The average molecular weight is 473 g/mol. The van der Waals surface area contributed by atoms with Gasteiger partial charge in [-0.25, -0.2) is 9.97 Å². The summed E-state index contributed by atoms with van der Waals surface area (Å²) in [6, 6.07) is 16.6. The van der Waals surface area contributed by atoms with Crippen LogP contribution in [0.1, 0.15) is 35.6 Å². The lowest BCUT2D eigenvalue weighted by Crippen LogP contribution is -2.38. The number of hydrogen-bond acceptors (Lipinski definition) is 6. The largest absolute Gasteiger partial charge is 0.494 e. The molecule has 1 saturated heterocycles. The maximum Gasteiger partial charge on any atom is 0.229 e. The van der Waals surface area contributed by atoms with Crippen molar-refractivity contribution >= 4 is 29.1 Å². The van der Waals surface area contributed by atoms with Crippen LogP contribution in [0.25, 0.3) is 5.69 Å². The Hall–Kier alpha value is -3.58. The van der Waals surface area contributed by atoms with Crippen LogP contribution >= 0.6 is 11.6 Å². The Labute approximate surface area is 203 Å². The third kappa shape index (κ3) is 3.76. The van der Waals surface area contributed by atoms with E-state index >= 15 is 0 Å². The Balaban J connectivity index is 1.36. The van der Waals surface area contributed by atoms with Gasteiger partial charge in [-0.2, -0.15) is 4.98 Å². The summed E-state index contributed by atoms with van der Waals surface area (Å²) in [4.78, 5) is 16.4. The summed E-state index contributed by atoms with van der Waals surface area (Å²) < 4.78 is 7.48. The molecule has 7 nitrogen and oxygen atoms in total. The molecule has 2 aliphatic rings. The van der Waals surface area contributed by atoms with Crippen LogP contribution in [0.15, 0.2) is 61.1 Å². The standard InChI is InChI=1S/C26H25ClN6O/c1-34-22-14-18(8-11-21(22)33-15-23(27)28-16-33)29-26-30-24-19(17-6-3-2-4-7-17)9-10-20(24)25(31-26)32-12-5-13-32/h2-4,6-8,11,14-16,19H,5,9-10,12-13H2,1H3,(H,29,30,31). The van der Waals surface area contributed by atoms with E-state index in [0.29, 0.717) is 22.8 Å². The monoisotopic (exact) mass is 472 g/mol. The van der Waals surface area contributed by atoms with Gasteiger partial charge in [0.05, 0.1) is 18.5 Å². The molecule has 2 aromatic carbocycles. The Morgan fingerprint density at radius 3 is 2.65 bits per heavy atom. The Morgan fingerprint density at radius 2 is 1.94 bits per heavy atom. The first-order valence-corrected chi connectivity index (χ1v) is 11.9. The summed E-state index contributed by atoms with van der Waals surface area (Å²) in [5.74, 6) is 2.69. The molecule has 8 heteroatoms. The van der Waals surface area contributed by atoms with Crippen molar-refractivity contribution in [1.82, 2.24) is 19.5 Å². The zero-order valence-corrected chi connectivity index (χ0v) is 19.7. The van der Waals surface area contributed by atoms with Crippen molar-refractivity contribution in [2.45, 2.75) is 25.2 Å². The Kier molecular flexibility index (Phi) is 5.34. The highest BCUT2D eigenvalue weighted by Gasteiger charge is 2.32. The van der Waals surface area contributed by atoms with Gasteiger partial charge in [-0.15, -0.1) is 0 Å². The van der Waals surface area contributed by atoms with Gasteiger partial charge in [-0.3, -0.25) is 0 Å². The molecule has 4 aromatic rings. The van der Waals surface area contributed by atoms with Crippen molar-refractivity contribution < 1.29 is 4.74 Å². The molecule has 1 aliphatic carbocycles. The van der Waals surface area contributed by atoms with Gasteiger partial charge in [0.25, 0.3) is 0 Å². The number of halogens is 1. The van der Waals surface area contributed by atoms with E-state index in [1.165, 1.54) is 17.5 Å². The minimum atomic E-state index is 0.294. The predicted octanol–water partition coefficient (Wildman–Crippen LogP) is 5.36. The van der Waals surface area contributed by atoms with Crippen molar-refractivity contribution in [3.05, 3.63) is 83.0 Å². The number of hydrogen-bond donors (Lipinski definition) is 1. The van der Waals surface area contributed by atoms with Gasteiger partial charge in [0.1, 0.15) is 23.0 Å². The number of nitrogens with one attached hydrogen (secondary N) is 1. The first-order valence-electron chi connectivity index (χ1n) is 11.6. The number of benzene rings is 2. The smallest absolute Gasteiger partial charge is 0.229 e. The minimum Gasteiger partial charge on any atom is -0.494 e. The molecule has 1 N–H and O–H groups in total. The van der Waals surface area contributed by atoms with Crippen molar-refractivity contribution in [1.29, 1.82) is 0 Å². The number of methoxy groups -OCH3 is 1.